The summed E-state index contributed by atoms with van der Waals surface area (Å²) in [6, 6.07) is 15.7. The van der Waals surface area contributed by atoms with Gasteiger partial charge in [0.2, 0.25) is 5.95 Å². The zero-order valence-corrected chi connectivity index (χ0v) is 20.6. The lowest BCUT2D eigenvalue weighted by Gasteiger charge is -2.29. The number of benzene rings is 2. The van der Waals surface area contributed by atoms with Crippen LogP contribution in [0.25, 0.3) is 11.4 Å². The van der Waals surface area contributed by atoms with Crippen molar-refractivity contribution in [2.24, 2.45) is 0 Å². The lowest BCUT2D eigenvalue weighted by atomic mass is 9.94. The third kappa shape index (κ3) is 4.25. The van der Waals surface area contributed by atoms with Crippen molar-refractivity contribution in [3.8, 4) is 22.9 Å². The van der Waals surface area contributed by atoms with Gasteiger partial charge in [0.1, 0.15) is 6.04 Å². The second-order valence-electron chi connectivity index (χ2n) is 8.06. The van der Waals surface area contributed by atoms with Gasteiger partial charge in [0.25, 0.3) is 5.91 Å². The Balaban J connectivity index is 1.67. The Kier molecular flexibility index (Phi) is 6.30. The minimum absolute atomic E-state index is 0.312. The van der Waals surface area contributed by atoms with E-state index in [4.69, 9.17) is 31.2 Å². The number of methoxy groups -OCH3 is 2. The molecule has 0 radical (unpaired) electrons. The molecule has 0 saturated carbocycles. The number of anilines is 2. The number of halogens is 1. The van der Waals surface area contributed by atoms with Crippen LogP contribution in [0, 0.1) is 0 Å². The molecule has 4 aromatic rings. The van der Waals surface area contributed by atoms with Crippen molar-refractivity contribution in [3.63, 3.8) is 0 Å². The van der Waals surface area contributed by atoms with Gasteiger partial charge in [-0.1, -0.05) is 35.9 Å². The van der Waals surface area contributed by atoms with Gasteiger partial charge >= 0.3 is 0 Å². The van der Waals surface area contributed by atoms with Crippen molar-refractivity contribution in [2.75, 3.05) is 24.9 Å². The molecule has 1 aliphatic rings. The van der Waals surface area contributed by atoms with Gasteiger partial charge in [-0.25, -0.2) is 4.68 Å². The predicted octanol–water partition coefficient (Wildman–Crippen LogP) is 4.94. The molecule has 3 heterocycles. The van der Waals surface area contributed by atoms with Crippen LogP contribution in [-0.4, -0.2) is 39.9 Å². The molecule has 182 valence electrons. The van der Waals surface area contributed by atoms with E-state index in [-0.39, 0.29) is 5.91 Å². The summed E-state index contributed by atoms with van der Waals surface area (Å²) >= 11 is 6.21. The molecule has 36 heavy (non-hydrogen) atoms. The fourth-order valence-corrected chi connectivity index (χ4v) is 4.44. The number of amides is 1. The van der Waals surface area contributed by atoms with Crippen LogP contribution in [0.2, 0.25) is 5.02 Å². The summed E-state index contributed by atoms with van der Waals surface area (Å²) in [6.07, 6.45) is 3.23. The highest BCUT2D eigenvalue weighted by Crippen LogP contribution is 2.43. The minimum Gasteiger partial charge on any atom is -0.493 e. The number of para-hydroxylation sites is 1. The molecule has 0 spiro atoms. The van der Waals surface area contributed by atoms with E-state index in [0.29, 0.717) is 50.8 Å². The van der Waals surface area contributed by atoms with E-state index in [0.717, 1.165) is 5.56 Å². The SMILES string of the molecule is COc1cccc(C2C(C(=O)Nc3cccnc3)=C(C)Nc3nc(-c4cccc(Cl)c4)nn32)c1OC. The summed E-state index contributed by atoms with van der Waals surface area (Å²) in [4.78, 5) is 22.4. The summed E-state index contributed by atoms with van der Waals surface area (Å²) in [7, 11) is 3.13. The van der Waals surface area contributed by atoms with E-state index in [1.807, 2.05) is 31.2 Å². The van der Waals surface area contributed by atoms with Gasteiger partial charge in [-0.3, -0.25) is 9.78 Å². The molecule has 0 bridgehead atoms. The average Bonchev–Trinajstić information content (AvgIpc) is 3.31. The van der Waals surface area contributed by atoms with Crippen LogP contribution in [0.15, 0.2) is 78.3 Å². The molecule has 0 aliphatic carbocycles. The van der Waals surface area contributed by atoms with Crippen molar-refractivity contribution < 1.29 is 14.3 Å². The first-order valence-corrected chi connectivity index (χ1v) is 11.5. The van der Waals surface area contributed by atoms with Gasteiger partial charge in [-0.2, -0.15) is 4.98 Å². The monoisotopic (exact) mass is 502 g/mol. The zero-order valence-electron chi connectivity index (χ0n) is 19.8. The summed E-state index contributed by atoms with van der Waals surface area (Å²) in [5, 5.41) is 11.5. The highest BCUT2D eigenvalue weighted by Gasteiger charge is 2.37. The van der Waals surface area contributed by atoms with Crippen molar-refractivity contribution in [1.82, 2.24) is 19.7 Å². The number of allylic oxidation sites excluding steroid dienone is 1. The lowest BCUT2D eigenvalue weighted by Crippen LogP contribution is -2.31. The topological polar surface area (TPSA) is 103 Å². The molecule has 0 fully saturated rings. The first kappa shape index (κ1) is 23.4. The number of nitrogens with zero attached hydrogens (tertiary/aromatic N) is 4. The Morgan fingerprint density at radius 2 is 1.94 bits per heavy atom. The Bertz CT molecular complexity index is 1470. The van der Waals surface area contributed by atoms with Crippen LogP contribution in [-0.2, 0) is 4.79 Å². The summed E-state index contributed by atoms with van der Waals surface area (Å²) in [5.74, 6) is 1.67. The molecule has 0 saturated heterocycles. The lowest BCUT2D eigenvalue weighted by molar-refractivity contribution is -0.113. The number of hydrogen-bond acceptors (Lipinski definition) is 7. The maximum absolute atomic E-state index is 13.7. The Morgan fingerprint density at radius 1 is 1.11 bits per heavy atom. The van der Waals surface area contributed by atoms with E-state index in [9.17, 15) is 4.79 Å². The van der Waals surface area contributed by atoms with E-state index in [1.54, 1.807) is 61.6 Å². The number of aromatic nitrogens is 4. The molecule has 9 nitrogen and oxygen atoms in total. The summed E-state index contributed by atoms with van der Waals surface area (Å²) < 4.78 is 13.0. The number of ether oxygens (including phenoxy) is 2. The standard InChI is InChI=1S/C26H23ClN6O3/c1-15-21(25(34)30-18-9-6-12-28-14-18)22(19-10-5-11-20(35-2)23(19)36-3)33-26(29-15)31-24(32-33)16-7-4-8-17(27)13-16/h4-14,22H,1-3H3,(H,30,34)(H,29,31,32). The van der Waals surface area contributed by atoms with Gasteiger partial charge in [0.05, 0.1) is 31.7 Å². The maximum Gasteiger partial charge on any atom is 0.255 e. The minimum atomic E-state index is -0.664. The number of rotatable bonds is 6. The quantitative estimate of drug-likeness (QED) is 0.385. The number of pyridine rings is 1. The van der Waals surface area contributed by atoms with Crippen molar-refractivity contribution in [3.05, 3.63) is 88.8 Å². The van der Waals surface area contributed by atoms with Gasteiger partial charge in [0.15, 0.2) is 17.3 Å². The van der Waals surface area contributed by atoms with Crippen LogP contribution in [0.3, 0.4) is 0 Å². The van der Waals surface area contributed by atoms with E-state index in [2.05, 4.69) is 15.6 Å². The second kappa shape index (κ2) is 9.71. The largest absolute Gasteiger partial charge is 0.493 e. The van der Waals surface area contributed by atoms with Gasteiger partial charge in [0, 0.05) is 28.0 Å². The third-order valence-electron chi connectivity index (χ3n) is 5.83. The van der Waals surface area contributed by atoms with Gasteiger partial charge in [-0.15, -0.1) is 5.10 Å². The third-order valence-corrected chi connectivity index (χ3v) is 6.06. The highest BCUT2D eigenvalue weighted by atomic mass is 35.5. The number of carbonyl (C=O) groups excluding carboxylic acids is 1. The van der Waals surface area contributed by atoms with Crippen molar-refractivity contribution in [2.45, 2.75) is 13.0 Å². The van der Waals surface area contributed by atoms with Gasteiger partial charge < -0.3 is 20.1 Å². The molecule has 1 amide bonds. The van der Waals surface area contributed by atoms with E-state index in [1.165, 1.54) is 0 Å². The molecule has 1 unspecified atom stereocenters. The molecule has 2 aromatic carbocycles. The number of fused-ring (bicyclic) bond motifs is 1. The van der Waals surface area contributed by atoms with Gasteiger partial charge in [-0.05, 0) is 37.3 Å². The molecule has 5 rings (SSSR count). The summed E-state index contributed by atoms with van der Waals surface area (Å²) in [5.41, 5.74) is 3.09. The van der Waals surface area contributed by atoms with Crippen LogP contribution in [0.4, 0.5) is 11.6 Å². The maximum atomic E-state index is 13.7. The Labute approximate surface area is 212 Å². The molecular weight excluding hydrogens is 480 g/mol. The number of nitrogens with one attached hydrogen (secondary N) is 2. The molecule has 1 aliphatic heterocycles. The fourth-order valence-electron chi connectivity index (χ4n) is 4.24. The Hall–Kier alpha value is -4.37. The normalized spacial score (nSPS) is 14.6. The first-order valence-electron chi connectivity index (χ1n) is 11.1. The number of hydrogen-bond donors (Lipinski definition) is 2. The highest BCUT2D eigenvalue weighted by molar-refractivity contribution is 6.30. The molecule has 1 atom stereocenters. The van der Waals surface area contributed by atoms with Crippen LogP contribution in [0.1, 0.15) is 18.5 Å². The summed E-state index contributed by atoms with van der Waals surface area (Å²) in [6.45, 7) is 1.83. The van der Waals surface area contributed by atoms with Crippen LogP contribution >= 0.6 is 11.6 Å². The van der Waals surface area contributed by atoms with Crippen molar-refractivity contribution in [1.29, 1.82) is 0 Å². The molecule has 2 aromatic heterocycles. The van der Waals surface area contributed by atoms with Crippen molar-refractivity contribution >= 4 is 29.1 Å². The van der Waals surface area contributed by atoms with Crippen LogP contribution < -0.4 is 20.1 Å². The first-order chi connectivity index (χ1) is 17.5. The molecular formula is C26H23ClN6O3. The number of carbonyl (C=O) groups is 1. The molecule has 10 heteroatoms. The zero-order chi connectivity index (χ0) is 25.2. The second-order valence-corrected chi connectivity index (χ2v) is 8.50. The van der Waals surface area contributed by atoms with E-state index >= 15 is 0 Å². The fraction of sp³-hybridized carbons (Fsp3) is 0.154. The average molecular weight is 503 g/mol. The smallest absolute Gasteiger partial charge is 0.255 e. The van der Waals surface area contributed by atoms with E-state index < -0.39 is 6.04 Å². The predicted molar refractivity (Wildman–Crippen MR) is 137 cm³/mol. The Morgan fingerprint density at radius 3 is 2.67 bits per heavy atom. The molecule has 2 N–H and O–H groups in total. The van der Waals surface area contributed by atoms with Crippen LogP contribution in [0.5, 0.6) is 11.5 Å².